The smallest absolute Gasteiger partial charge is 0.109 e. The highest BCUT2D eigenvalue weighted by Crippen LogP contribution is 2.29. The van der Waals surface area contributed by atoms with Crippen molar-refractivity contribution in [2.24, 2.45) is 5.92 Å². The van der Waals surface area contributed by atoms with Crippen molar-refractivity contribution in [2.75, 3.05) is 0 Å². The molecule has 0 fully saturated rings. The van der Waals surface area contributed by atoms with Gasteiger partial charge in [-0.3, -0.25) is 0 Å². The van der Waals surface area contributed by atoms with Crippen LogP contribution in [0.2, 0.25) is 0 Å². The summed E-state index contributed by atoms with van der Waals surface area (Å²) < 4.78 is 3.42. The van der Waals surface area contributed by atoms with Crippen LogP contribution in [0.1, 0.15) is 19.2 Å². The summed E-state index contributed by atoms with van der Waals surface area (Å²) >= 11 is 3.59. The lowest BCUT2D eigenvalue weighted by molar-refractivity contribution is 0.394. The van der Waals surface area contributed by atoms with Crippen molar-refractivity contribution in [1.82, 2.24) is 9.55 Å². The molecule has 0 saturated carbocycles. The number of aromatic nitrogens is 2. The maximum Gasteiger partial charge on any atom is 0.109 e. The lowest BCUT2D eigenvalue weighted by atomic mass is 10.0. The van der Waals surface area contributed by atoms with Crippen molar-refractivity contribution < 1.29 is 0 Å². The van der Waals surface area contributed by atoms with Gasteiger partial charge in [-0.1, -0.05) is 41.1 Å². The van der Waals surface area contributed by atoms with Crippen LogP contribution in [0.5, 0.6) is 0 Å². The third-order valence-corrected chi connectivity index (χ3v) is 4.07. The number of fused-ring (bicyclic) bond motifs is 1. The molecule has 2 aromatic rings. The Balaban J connectivity index is 2.03. The minimum absolute atomic E-state index is 0.767. The second-order valence-corrected chi connectivity index (χ2v) is 5.67. The van der Waals surface area contributed by atoms with Gasteiger partial charge in [0, 0.05) is 29.2 Å². The molecule has 0 amide bonds. The highest BCUT2D eigenvalue weighted by molar-refractivity contribution is 9.10. The molecule has 0 saturated heterocycles. The lowest BCUT2D eigenvalue weighted by Crippen LogP contribution is -2.17. The predicted molar refractivity (Wildman–Crippen MR) is 72.8 cm³/mol. The molecule has 0 N–H and O–H groups in total. The van der Waals surface area contributed by atoms with Crippen molar-refractivity contribution in [3.63, 3.8) is 0 Å². The Morgan fingerprint density at radius 3 is 3.00 bits per heavy atom. The molecule has 3 heteroatoms. The number of nitrogens with zero attached hydrogens (tertiary/aromatic N) is 2. The monoisotopic (exact) mass is 290 g/mol. The number of halogens is 1. The number of imidazole rings is 1. The van der Waals surface area contributed by atoms with E-state index in [0.717, 1.165) is 29.1 Å². The summed E-state index contributed by atoms with van der Waals surface area (Å²) in [6.07, 6.45) is 4.54. The Labute approximate surface area is 110 Å². The third kappa shape index (κ3) is 2.04. The Bertz CT molecular complexity index is 545. The summed E-state index contributed by atoms with van der Waals surface area (Å²) in [7, 11) is 0. The van der Waals surface area contributed by atoms with E-state index in [1.807, 2.05) is 6.07 Å². The van der Waals surface area contributed by atoms with E-state index in [1.165, 1.54) is 17.8 Å². The van der Waals surface area contributed by atoms with Gasteiger partial charge in [-0.15, -0.1) is 0 Å². The van der Waals surface area contributed by atoms with Crippen molar-refractivity contribution >= 4 is 15.9 Å². The first-order valence-electron chi connectivity index (χ1n) is 6.05. The zero-order chi connectivity index (χ0) is 11.8. The number of benzene rings is 1. The summed E-state index contributed by atoms with van der Waals surface area (Å²) in [5.74, 6) is 2.00. The maximum absolute atomic E-state index is 4.75. The van der Waals surface area contributed by atoms with Gasteiger partial charge in [0.25, 0.3) is 0 Å². The third-order valence-electron chi connectivity index (χ3n) is 3.38. The van der Waals surface area contributed by atoms with Crippen molar-refractivity contribution in [3.8, 4) is 11.3 Å². The van der Waals surface area contributed by atoms with Crippen molar-refractivity contribution in [3.05, 3.63) is 40.8 Å². The fourth-order valence-corrected chi connectivity index (χ4v) is 2.90. The number of rotatable bonds is 1. The molecule has 1 atom stereocenters. The number of hydrogen-bond acceptors (Lipinski definition) is 1. The second-order valence-electron chi connectivity index (χ2n) is 4.82. The van der Waals surface area contributed by atoms with Crippen molar-refractivity contribution in [1.29, 1.82) is 0 Å². The number of hydrogen-bond donors (Lipinski definition) is 0. The molecule has 1 aliphatic rings. The minimum atomic E-state index is 0.767. The fraction of sp³-hybridized carbons (Fsp3) is 0.357. The predicted octanol–water partition coefficient (Wildman–Crippen LogP) is 3.89. The molecule has 0 bridgehead atoms. The summed E-state index contributed by atoms with van der Waals surface area (Å²) in [6, 6.07) is 8.27. The van der Waals surface area contributed by atoms with Crippen LogP contribution in [0.4, 0.5) is 0 Å². The van der Waals surface area contributed by atoms with Gasteiger partial charge < -0.3 is 4.57 Å². The van der Waals surface area contributed by atoms with E-state index in [0.29, 0.717) is 0 Å². The van der Waals surface area contributed by atoms with Gasteiger partial charge in [0.15, 0.2) is 0 Å². The van der Waals surface area contributed by atoms with Crippen LogP contribution >= 0.6 is 15.9 Å². The quantitative estimate of drug-likeness (QED) is 0.779. The first-order chi connectivity index (χ1) is 8.24. The zero-order valence-electron chi connectivity index (χ0n) is 9.86. The second kappa shape index (κ2) is 4.30. The van der Waals surface area contributed by atoms with Gasteiger partial charge in [-0.25, -0.2) is 4.98 Å². The van der Waals surface area contributed by atoms with Crippen LogP contribution in [0.3, 0.4) is 0 Å². The van der Waals surface area contributed by atoms with Gasteiger partial charge in [0.2, 0.25) is 0 Å². The standard InChI is InChI=1S/C14H15BrN2/c1-10-6-7-14-16-13(9-17(14)8-10)11-4-2-3-5-12(11)15/h2-5,9-10H,6-8H2,1H3/t10-/m0/s1. The van der Waals surface area contributed by atoms with Crippen LogP contribution in [0, 0.1) is 5.92 Å². The molecule has 3 rings (SSSR count). The normalized spacial score (nSPS) is 19.1. The summed E-state index contributed by atoms with van der Waals surface area (Å²) in [5, 5.41) is 0. The molecule has 1 aromatic carbocycles. The molecule has 88 valence electrons. The molecule has 0 unspecified atom stereocenters. The average Bonchev–Trinajstić information content (AvgIpc) is 2.72. The molecular weight excluding hydrogens is 276 g/mol. The molecule has 0 aliphatic carbocycles. The highest BCUT2D eigenvalue weighted by Gasteiger charge is 2.18. The molecular formula is C14H15BrN2. The van der Waals surface area contributed by atoms with Crippen molar-refractivity contribution in [2.45, 2.75) is 26.3 Å². The van der Waals surface area contributed by atoms with E-state index >= 15 is 0 Å². The zero-order valence-corrected chi connectivity index (χ0v) is 11.4. The van der Waals surface area contributed by atoms with Gasteiger partial charge in [0.1, 0.15) is 5.82 Å². The van der Waals surface area contributed by atoms with Crippen LogP contribution in [0.25, 0.3) is 11.3 Å². The summed E-state index contributed by atoms with van der Waals surface area (Å²) in [5.41, 5.74) is 2.27. The topological polar surface area (TPSA) is 17.8 Å². The van der Waals surface area contributed by atoms with Gasteiger partial charge in [0.05, 0.1) is 5.69 Å². The fourth-order valence-electron chi connectivity index (χ4n) is 2.41. The molecule has 1 aliphatic heterocycles. The molecule has 1 aromatic heterocycles. The van der Waals surface area contributed by atoms with E-state index < -0.39 is 0 Å². The van der Waals surface area contributed by atoms with Gasteiger partial charge >= 0.3 is 0 Å². The highest BCUT2D eigenvalue weighted by atomic mass is 79.9. The first-order valence-corrected chi connectivity index (χ1v) is 6.84. The van der Waals surface area contributed by atoms with Gasteiger partial charge in [-0.2, -0.15) is 0 Å². The van der Waals surface area contributed by atoms with Crippen LogP contribution in [-0.2, 0) is 13.0 Å². The lowest BCUT2D eigenvalue weighted by Gasteiger charge is -2.19. The summed E-state index contributed by atoms with van der Waals surface area (Å²) in [4.78, 5) is 4.75. The van der Waals surface area contributed by atoms with E-state index in [1.54, 1.807) is 0 Å². The average molecular weight is 291 g/mol. The Morgan fingerprint density at radius 1 is 1.35 bits per heavy atom. The van der Waals surface area contributed by atoms with Crippen LogP contribution < -0.4 is 0 Å². The molecule has 0 spiro atoms. The summed E-state index contributed by atoms with van der Waals surface area (Å²) in [6.45, 7) is 3.41. The first kappa shape index (κ1) is 11.0. The van der Waals surface area contributed by atoms with Crippen LogP contribution in [0.15, 0.2) is 34.9 Å². The van der Waals surface area contributed by atoms with E-state index in [2.05, 4.69) is 51.8 Å². The molecule has 2 heterocycles. The maximum atomic E-state index is 4.75. The van der Waals surface area contributed by atoms with Crippen LogP contribution in [-0.4, -0.2) is 9.55 Å². The van der Waals surface area contributed by atoms with E-state index in [4.69, 9.17) is 4.98 Å². The molecule has 17 heavy (non-hydrogen) atoms. The van der Waals surface area contributed by atoms with Gasteiger partial charge in [-0.05, 0) is 18.4 Å². The number of aryl methyl sites for hydroxylation is 1. The van der Waals surface area contributed by atoms with E-state index in [-0.39, 0.29) is 0 Å². The largest absolute Gasteiger partial charge is 0.334 e. The van der Waals surface area contributed by atoms with E-state index in [9.17, 15) is 0 Å². The Morgan fingerprint density at radius 2 is 2.18 bits per heavy atom. The Kier molecular flexibility index (Phi) is 2.79. The Hall–Kier alpha value is -1.09. The molecule has 0 radical (unpaired) electrons. The minimum Gasteiger partial charge on any atom is -0.334 e. The SMILES string of the molecule is C[C@H]1CCc2nc(-c3ccccc3Br)cn2C1. The molecule has 2 nitrogen and oxygen atoms in total.